The van der Waals surface area contributed by atoms with E-state index in [-0.39, 0.29) is 24.8 Å². The molecule has 1 atom stereocenters. The highest BCUT2D eigenvalue weighted by Gasteiger charge is 2.23. The van der Waals surface area contributed by atoms with Crippen molar-refractivity contribution >= 4 is 34.8 Å². The van der Waals surface area contributed by atoms with E-state index in [1.807, 2.05) is 41.8 Å². The van der Waals surface area contributed by atoms with Crippen LogP contribution >= 0.6 is 11.3 Å². The number of aliphatic carboxylic acids is 1. The molecule has 4 aromatic rings. The van der Waals surface area contributed by atoms with Crippen molar-refractivity contribution in [3.8, 4) is 11.1 Å². The Kier molecular flexibility index (Phi) is 9.82. The summed E-state index contributed by atoms with van der Waals surface area (Å²) in [5, 5.41) is 18.7. The predicted molar refractivity (Wildman–Crippen MR) is 168 cm³/mol. The van der Waals surface area contributed by atoms with Gasteiger partial charge in [-0.2, -0.15) is 11.3 Å². The monoisotopic (exact) mass is 580 g/mol. The second-order valence-electron chi connectivity index (χ2n) is 10.9. The van der Waals surface area contributed by atoms with E-state index >= 15 is 0 Å². The van der Waals surface area contributed by atoms with Crippen LogP contribution in [0, 0.1) is 0 Å². The van der Waals surface area contributed by atoms with Gasteiger partial charge in [0.1, 0.15) is 0 Å². The summed E-state index contributed by atoms with van der Waals surface area (Å²) in [6.45, 7) is 0.0720. The fourth-order valence-corrected chi connectivity index (χ4v) is 6.31. The molecule has 3 aromatic carbocycles. The third-order valence-corrected chi connectivity index (χ3v) is 8.68. The van der Waals surface area contributed by atoms with Crippen LogP contribution in [0.5, 0.6) is 0 Å². The third-order valence-electron chi connectivity index (χ3n) is 8.00. The second-order valence-corrected chi connectivity index (χ2v) is 11.7. The minimum Gasteiger partial charge on any atom is -0.481 e. The molecule has 0 aliphatic heterocycles. The fraction of sp³-hybridized carbons (Fsp3) is 0.286. The molecule has 216 valence electrons. The van der Waals surface area contributed by atoms with E-state index in [2.05, 4.69) is 46.3 Å². The molecule has 1 heterocycles. The maximum atomic E-state index is 13.8. The average molecular weight is 581 g/mol. The molecule has 1 aromatic heterocycles. The number of nitrogens with one attached hydrogen (secondary N) is 2. The minimum absolute atomic E-state index is 0.0720. The van der Waals surface area contributed by atoms with Crippen LogP contribution in [-0.2, 0) is 16.0 Å². The van der Waals surface area contributed by atoms with Crippen LogP contribution in [0.15, 0.2) is 89.6 Å². The largest absolute Gasteiger partial charge is 0.481 e. The molecule has 6 nitrogen and oxygen atoms in total. The Morgan fingerprint density at radius 2 is 1.64 bits per heavy atom. The number of carbonyl (C=O) groups excluding carboxylic acids is 2. The normalized spacial score (nSPS) is 14.2. The molecule has 0 spiro atoms. The highest BCUT2D eigenvalue weighted by molar-refractivity contribution is 7.08. The van der Waals surface area contributed by atoms with Gasteiger partial charge in [0.2, 0.25) is 5.91 Å². The van der Waals surface area contributed by atoms with Gasteiger partial charge in [0.05, 0.1) is 12.3 Å². The van der Waals surface area contributed by atoms with E-state index in [0.29, 0.717) is 17.9 Å². The number of anilines is 1. The lowest BCUT2D eigenvalue weighted by Gasteiger charge is -2.23. The Morgan fingerprint density at radius 1 is 0.881 bits per heavy atom. The maximum Gasteiger partial charge on any atom is 0.305 e. The van der Waals surface area contributed by atoms with Crippen molar-refractivity contribution in [2.75, 3.05) is 11.9 Å². The topological polar surface area (TPSA) is 95.5 Å². The highest BCUT2D eigenvalue weighted by Crippen LogP contribution is 2.34. The highest BCUT2D eigenvalue weighted by atomic mass is 32.1. The van der Waals surface area contributed by atoms with Gasteiger partial charge in [-0.1, -0.05) is 67.8 Å². The molecule has 0 bridgehead atoms. The van der Waals surface area contributed by atoms with Gasteiger partial charge in [0.15, 0.2) is 0 Å². The van der Waals surface area contributed by atoms with Crippen LogP contribution in [0.3, 0.4) is 0 Å². The second kappa shape index (κ2) is 14.1. The van der Waals surface area contributed by atoms with Crippen molar-refractivity contribution in [3.05, 3.63) is 112 Å². The van der Waals surface area contributed by atoms with E-state index in [9.17, 15) is 14.4 Å². The van der Waals surface area contributed by atoms with E-state index < -0.39 is 11.9 Å². The predicted octanol–water partition coefficient (Wildman–Crippen LogP) is 7.63. The number of carboxylic acids is 1. The summed E-state index contributed by atoms with van der Waals surface area (Å²) >= 11 is 1.64. The van der Waals surface area contributed by atoms with Gasteiger partial charge in [-0.05, 0) is 94.1 Å². The number of benzene rings is 3. The van der Waals surface area contributed by atoms with Crippen molar-refractivity contribution in [2.24, 2.45) is 0 Å². The summed E-state index contributed by atoms with van der Waals surface area (Å²) in [4.78, 5) is 37.0. The number of carbonyl (C=O) groups is 3. The molecular formula is C35H36N2O4S. The van der Waals surface area contributed by atoms with Gasteiger partial charge in [-0.3, -0.25) is 14.4 Å². The summed E-state index contributed by atoms with van der Waals surface area (Å²) < 4.78 is 0. The molecule has 1 aliphatic rings. The first-order valence-corrected chi connectivity index (χ1v) is 15.5. The number of thiophene rings is 1. The molecule has 0 radical (unpaired) electrons. The Hall–Kier alpha value is -4.23. The summed E-state index contributed by atoms with van der Waals surface area (Å²) in [7, 11) is 0. The van der Waals surface area contributed by atoms with Crippen molar-refractivity contribution in [2.45, 2.75) is 56.8 Å². The summed E-state index contributed by atoms with van der Waals surface area (Å²) in [6.07, 6.45) is 6.65. The zero-order chi connectivity index (χ0) is 29.3. The Morgan fingerprint density at radius 3 is 2.33 bits per heavy atom. The number of carboxylic acid groups (broad SMARTS) is 1. The van der Waals surface area contributed by atoms with Crippen molar-refractivity contribution < 1.29 is 19.5 Å². The quantitative estimate of drug-likeness (QED) is 0.170. The molecule has 5 rings (SSSR count). The van der Waals surface area contributed by atoms with Gasteiger partial charge in [0.25, 0.3) is 5.91 Å². The van der Waals surface area contributed by atoms with Crippen molar-refractivity contribution in [3.63, 3.8) is 0 Å². The van der Waals surface area contributed by atoms with Crippen LogP contribution in [0.2, 0.25) is 0 Å². The Labute approximate surface area is 250 Å². The van der Waals surface area contributed by atoms with Crippen LogP contribution in [0.1, 0.15) is 77.4 Å². The van der Waals surface area contributed by atoms with Crippen LogP contribution in [0.25, 0.3) is 11.1 Å². The van der Waals surface area contributed by atoms with E-state index in [1.165, 1.54) is 37.7 Å². The number of hydrogen-bond donors (Lipinski definition) is 3. The summed E-state index contributed by atoms with van der Waals surface area (Å²) in [5.41, 5.74) is 6.61. The van der Waals surface area contributed by atoms with E-state index in [1.54, 1.807) is 23.5 Å². The molecule has 2 amide bonds. The van der Waals surface area contributed by atoms with Gasteiger partial charge in [0, 0.05) is 17.8 Å². The van der Waals surface area contributed by atoms with E-state index in [0.717, 1.165) is 27.9 Å². The number of rotatable bonds is 11. The minimum atomic E-state index is -0.958. The smallest absolute Gasteiger partial charge is 0.305 e. The van der Waals surface area contributed by atoms with Gasteiger partial charge < -0.3 is 15.7 Å². The lowest BCUT2D eigenvalue weighted by atomic mass is 9.83. The van der Waals surface area contributed by atoms with Crippen molar-refractivity contribution in [1.29, 1.82) is 0 Å². The van der Waals surface area contributed by atoms with Crippen LogP contribution < -0.4 is 10.6 Å². The number of amides is 2. The summed E-state index contributed by atoms with van der Waals surface area (Å²) in [5.74, 6) is -1.20. The van der Waals surface area contributed by atoms with Gasteiger partial charge >= 0.3 is 5.97 Å². The number of hydrogen-bond acceptors (Lipinski definition) is 4. The maximum absolute atomic E-state index is 13.8. The Balaban J connectivity index is 1.34. The van der Waals surface area contributed by atoms with Crippen LogP contribution in [-0.4, -0.2) is 29.4 Å². The molecule has 1 saturated carbocycles. The van der Waals surface area contributed by atoms with Gasteiger partial charge in [-0.15, -0.1) is 0 Å². The molecule has 1 unspecified atom stereocenters. The molecule has 1 fully saturated rings. The first kappa shape index (κ1) is 29.3. The Bertz CT molecular complexity index is 1490. The molecule has 42 heavy (non-hydrogen) atoms. The van der Waals surface area contributed by atoms with Crippen LogP contribution in [0.4, 0.5) is 5.69 Å². The molecular weight excluding hydrogens is 544 g/mol. The zero-order valence-corrected chi connectivity index (χ0v) is 24.4. The van der Waals surface area contributed by atoms with Gasteiger partial charge in [-0.25, -0.2) is 0 Å². The molecule has 7 heteroatoms. The zero-order valence-electron chi connectivity index (χ0n) is 23.6. The summed E-state index contributed by atoms with van der Waals surface area (Å²) in [6, 6.07) is 25.7. The van der Waals surface area contributed by atoms with Crippen molar-refractivity contribution in [1.82, 2.24) is 5.32 Å². The average Bonchev–Trinajstić information content (AvgIpc) is 3.56. The standard InChI is InChI=1S/C35H36N2O4S/c38-33(39)17-19-36-34(40)28-11-9-24(10-12-28)21-32(27-15-13-26(14-16-27)25-5-2-1-3-6-25)35(41)37-31-8-4-7-29(22-31)30-18-20-42-23-30/h4,7-16,18,20,22-23,25,32H,1-3,5-6,17,19,21H2,(H,36,40)(H,37,41)(H,38,39). The molecule has 3 N–H and O–H groups in total. The van der Waals surface area contributed by atoms with E-state index in [4.69, 9.17) is 5.11 Å². The molecule has 1 aliphatic carbocycles. The SMILES string of the molecule is O=C(O)CCNC(=O)c1ccc(CC(C(=O)Nc2cccc(-c3ccsc3)c2)c2ccc(C3CCCCC3)cc2)cc1. The lowest BCUT2D eigenvalue weighted by Crippen LogP contribution is -2.26. The molecule has 0 saturated heterocycles. The third kappa shape index (κ3) is 7.74. The first-order valence-electron chi connectivity index (χ1n) is 14.6. The fourth-order valence-electron chi connectivity index (χ4n) is 5.65. The lowest BCUT2D eigenvalue weighted by molar-refractivity contribution is -0.136. The first-order chi connectivity index (χ1) is 20.5.